The van der Waals surface area contributed by atoms with Crippen LogP contribution in [0.3, 0.4) is 0 Å². The van der Waals surface area contributed by atoms with E-state index in [2.05, 4.69) is 12.2 Å². The summed E-state index contributed by atoms with van der Waals surface area (Å²) >= 11 is 0. The lowest BCUT2D eigenvalue weighted by molar-refractivity contribution is -0.123. The molecule has 0 aromatic rings. The number of carbonyl (C=O) groups is 1. The van der Waals surface area contributed by atoms with E-state index in [-0.39, 0.29) is 0 Å². The number of hydrogen-bond acceptors (Lipinski definition) is 1. The first-order chi connectivity index (χ1) is 4.38. The quantitative estimate of drug-likeness (QED) is 0.445. The Morgan fingerprint density at radius 1 is 1.44 bits per heavy atom. The highest BCUT2D eigenvalue weighted by atomic mass is 16.1. The van der Waals surface area contributed by atoms with Crippen molar-refractivity contribution in [2.75, 3.05) is 0 Å². The molecule has 2 atom stereocenters. The second kappa shape index (κ2) is 1.69. The van der Waals surface area contributed by atoms with Crippen LogP contribution in [0.15, 0.2) is 12.2 Å². The third kappa shape index (κ3) is 0.640. The Labute approximate surface area is 54.8 Å². The lowest BCUT2D eigenvalue weighted by Gasteiger charge is -2.09. The van der Waals surface area contributed by atoms with Crippen LogP contribution in [0.1, 0.15) is 19.3 Å². The monoisotopic (exact) mass is 122 g/mol. The van der Waals surface area contributed by atoms with Gasteiger partial charge in [-0.2, -0.15) is 0 Å². The van der Waals surface area contributed by atoms with Gasteiger partial charge in [-0.1, -0.05) is 12.2 Å². The van der Waals surface area contributed by atoms with Crippen molar-refractivity contribution in [2.24, 2.45) is 11.8 Å². The van der Waals surface area contributed by atoms with Crippen LogP contribution >= 0.6 is 0 Å². The smallest absolute Gasteiger partial charge is 0.143 e. The minimum atomic E-state index is 0.309. The van der Waals surface area contributed by atoms with Crippen LogP contribution in [-0.4, -0.2) is 5.78 Å². The molecule has 1 nitrogen and oxygen atoms in total. The Hall–Kier alpha value is -0.590. The molecule has 0 aliphatic heterocycles. The van der Waals surface area contributed by atoms with Crippen LogP contribution in [0, 0.1) is 11.8 Å². The van der Waals surface area contributed by atoms with Gasteiger partial charge in [0.05, 0.1) is 0 Å². The number of ketones is 1. The molecule has 48 valence electrons. The number of hydrogen-bond donors (Lipinski definition) is 0. The molecule has 0 N–H and O–H groups in total. The maximum Gasteiger partial charge on any atom is 0.143 e. The molecule has 0 heterocycles. The Kier molecular flexibility index (Phi) is 0.981. The van der Waals surface area contributed by atoms with Gasteiger partial charge in [0.1, 0.15) is 5.78 Å². The molecule has 0 aromatic heterocycles. The maximum absolute atomic E-state index is 11.1. The summed E-state index contributed by atoms with van der Waals surface area (Å²) in [6.45, 7) is 0. The second-order valence-electron chi connectivity index (χ2n) is 2.95. The average Bonchev–Trinajstić information content (AvgIpc) is 2.19. The van der Waals surface area contributed by atoms with Crippen LogP contribution in [0.2, 0.25) is 0 Å². The molecule has 2 aliphatic rings. The largest absolute Gasteiger partial charge is 0.299 e. The van der Waals surface area contributed by atoms with Crippen LogP contribution < -0.4 is 0 Å². The van der Waals surface area contributed by atoms with E-state index in [1.807, 2.05) is 0 Å². The van der Waals surface area contributed by atoms with Crippen molar-refractivity contribution in [1.82, 2.24) is 0 Å². The zero-order valence-electron chi connectivity index (χ0n) is 5.34. The van der Waals surface area contributed by atoms with Gasteiger partial charge in [0.25, 0.3) is 0 Å². The molecular weight excluding hydrogens is 112 g/mol. The number of fused-ring (bicyclic) bond motifs is 2. The molecule has 0 spiro atoms. The minimum absolute atomic E-state index is 0.309. The summed E-state index contributed by atoms with van der Waals surface area (Å²) in [6, 6.07) is 0. The van der Waals surface area contributed by atoms with E-state index < -0.39 is 0 Å². The fraction of sp³-hybridized carbons (Fsp3) is 0.625. The molecule has 0 radical (unpaired) electrons. The molecule has 0 saturated heterocycles. The van der Waals surface area contributed by atoms with E-state index in [0.717, 1.165) is 19.3 Å². The van der Waals surface area contributed by atoms with Crippen LogP contribution in [0.4, 0.5) is 0 Å². The zero-order chi connectivity index (χ0) is 6.27. The van der Waals surface area contributed by atoms with Crippen molar-refractivity contribution in [1.29, 1.82) is 0 Å². The van der Waals surface area contributed by atoms with Gasteiger partial charge < -0.3 is 0 Å². The van der Waals surface area contributed by atoms with Gasteiger partial charge in [0, 0.05) is 11.8 Å². The summed E-state index contributed by atoms with van der Waals surface area (Å²) < 4.78 is 0. The summed E-state index contributed by atoms with van der Waals surface area (Å²) in [5.74, 6) is 1.21. The van der Waals surface area contributed by atoms with Crippen molar-refractivity contribution in [3.05, 3.63) is 12.2 Å². The van der Waals surface area contributed by atoms with Gasteiger partial charge in [0.15, 0.2) is 0 Å². The van der Waals surface area contributed by atoms with E-state index >= 15 is 0 Å². The Bertz CT molecular complexity index is 169. The Morgan fingerprint density at radius 3 is 3.00 bits per heavy atom. The van der Waals surface area contributed by atoms with Crippen molar-refractivity contribution in [2.45, 2.75) is 19.3 Å². The predicted molar refractivity (Wildman–Crippen MR) is 35.0 cm³/mol. The lowest BCUT2D eigenvalue weighted by atomic mass is 9.94. The van der Waals surface area contributed by atoms with Gasteiger partial charge in [0.2, 0.25) is 0 Å². The van der Waals surface area contributed by atoms with E-state index in [0.29, 0.717) is 17.6 Å². The van der Waals surface area contributed by atoms with Crippen molar-refractivity contribution >= 4 is 5.78 Å². The molecule has 2 bridgehead atoms. The summed E-state index contributed by atoms with van der Waals surface area (Å²) in [7, 11) is 0. The van der Waals surface area contributed by atoms with Crippen LogP contribution in [0.5, 0.6) is 0 Å². The third-order valence-corrected chi connectivity index (χ3v) is 2.38. The highest BCUT2D eigenvalue weighted by Crippen LogP contribution is 2.34. The fourth-order valence-electron chi connectivity index (χ4n) is 1.80. The molecule has 0 aromatic carbocycles. The molecule has 1 saturated carbocycles. The molecule has 0 unspecified atom stereocenters. The van der Waals surface area contributed by atoms with Gasteiger partial charge in [-0.25, -0.2) is 0 Å². The standard InChI is InChI=1S/C8H10O/c9-8-6-2-1-3-7(8)5-4-6/h1-2,6-7H,3-5H2/t6-,7+/m1/s1. The number of rotatable bonds is 0. The molecule has 1 fully saturated rings. The van der Waals surface area contributed by atoms with Crippen LogP contribution in [0.25, 0.3) is 0 Å². The number of Topliss-reactive ketones (excluding diaryl/α,β-unsaturated/α-hetero) is 1. The van der Waals surface area contributed by atoms with Crippen molar-refractivity contribution in [3.63, 3.8) is 0 Å². The summed E-state index contributed by atoms with van der Waals surface area (Å²) in [6.07, 6.45) is 7.49. The van der Waals surface area contributed by atoms with Gasteiger partial charge in [-0.15, -0.1) is 0 Å². The zero-order valence-corrected chi connectivity index (χ0v) is 5.34. The average molecular weight is 122 g/mol. The van der Waals surface area contributed by atoms with E-state index in [1.165, 1.54) is 0 Å². The molecule has 0 amide bonds. The van der Waals surface area contributed by atoms with Gasteiger partial charge in [-0.3, -0.25) is 4.79 Å². The molecule has 9 heavy (non-hydrogen) atoms. The topological polar surface area (TPSA) is 17.1 Å². The Balaban J connectivity index is 2.32. The first kappa shape index (κ1) is 5.21. The van der Waals surface area contributed by atoms with Crippen molar-refractivity contribution in [3.8, 4) is 0 Å². The summed E-state index contributed by atoms with van der Waals surface area (Å²) in [5.41, 5.74) is 0. The minimum Gasteiger partial charge on any atom is -0.299 e. The van der Waals surface area contributed by atoms with E-state index in [4.69, 9.17) is 0 Å². The van der Waals surface area contributed by atoms with Gasteiger partial charge in [-0.05, 0) is 19.3 Å². The molecule has 1 heteroatoms. The highest BCUT2D eigenvalue weighted by molar-refractivity contribution is 5.88. The van der Waals surface area contributed by atoms with E-state index in [9.17, 15) is 4.79 Å². The first-order valence-electron chi connectivity index (χ1n) is 3.58. The first-order valence-corrected chi connectivity index (χ1v) is 3.58. The van der Waals surface area contributed by atoms with Crippen LogP contribution in [-0.2, 0) is 4.79 Å². The molecule has 2 aliphatic carbocycles. The van der Waals surface area contributed by atoms with E-state index in [1.54, 1.807) is 0 Å². The highest BCUT2D eigenvalue weighted by Gasteiger charge is 2.33. The lowest BCUT2D eigenvalue weighted by Crippen LogP contribution is -2.14. The maximum atomic E-state index is 11.1. The number of carbonyl (C=O) groups excluding carboxylic acids is 1. The van der Waals surface area contributed by atoms with Crippen molar-refractivity contribution < 1.29 is 4.79 Å². The predicted octanol–water partition coefficient (Wildman–Crippen LogP) is 1.54. The molecular formula is C8H10O. The summed E-state index contributed by atoms with van der Waals surface area (Å²) in [5, 5.41) is 0. The molecule has 2 rings (SSSR count). The summed E-state index contributed by atoms with van der Waals surface area (Å²) in [4.78, 5) is 11.1. The second-order valence-corrected chi connectivity index (χ2v) is 2.95. The third-order valence-electron chi connectivity index (χ3n) is 2.38. The normalized spacial score (nSPS) is 39.8. The SMILES string of the molecule is O=C1[C@H]2CC=C[C@@H]1CC2. The fourth-order valence-corrected chi connectivity index (χ4v) is 1.80. The number of allylic oxidation sites excluding steroid dienone is 2. The Morgan fingerprint density at radius 2 is 2.33 bits per heavy atom. The van der Waals surface area contributed by atoms with Gasteiger partial charge >= 0.3 is 0 Å².